The van der Waals surface area contributed by atoms with Crippen LogP contribution < -0.4 is 4.18 Å². The Balaban J connectivity index is 0.00000109. The van der Waals surface area contributed by atoms with Gasteiger partial charge in [0.05, 0.1) is 17.8 Å². The van der Waals surface area contributed by atoms with Gasteiger partial charge in [-0.25, -0.2) is 0 Å². The first-order valence-corrected chi connectivity index (χ1v) is 9.21. The summed E-state index contributed by atoms with van der Waals surface area (Å²) in [6, 6.07) is 11.6. The van der Waals surface area contributed by atoms with Gasteiger partial charge in [0.1, 0.15) is 6.07 Å². The minimum absolute atomic E-state index is 0.279. The molecule has 0 unspecified atom stereocenters. The van der Waals surface area contributed by atoms with Crippen LogP contribution in [0.3, 0.4) is 0 Å². The molecular weight excluding hydrogens is 332 g/mol. The fourth-order valence-corrected chi connectivity index (χ4v) is 2.87. The largest absolute Gasteiger partial charge is 0.404 e. The monoisotopic (exact) mass is 354 g/mol. The Bertz CT molecular complexity index is 850. The van der Waals surface area contributed by atoms with Crippen LogP contribution in [0.15, 0.2) is 42.7 Å². The van der Waals surface area contributed by atoms with Gasteiger partial charge in [-0.1, -0.05) is 33.8 Å². The highest BCUT2D eigenvalue weighted by molar-refractivity contribution is 7.94. The van der Waals surface area contributed by atoms with E-state index in [1.807, 2.05) is 19.9 Å². The first-order chi connectivity index (χ1) is 12.2. The number of nitrogens with zero attached hydrogens (tertiary/aromatic N) is 4. The van der Waals surface area contributed by atoms with Gasteiger partial charge in [-0.05, 0) is 35.2 Å². The van der Waals surface area contributed by atoms with E-state index in [0.717, 1.165) is 0 Å². The van der Waals surface area contributed by atoms with Crippen molar-refractivity contribution in [3.05, 3.63) is 59.5 Å². The van der Waals surface area contributed by atoms with Crippen LogP contribution >= 0.6 is 12.0 Å². The Morgan fingerprint density at radius 3 is 2.60 bits per heavy atom. The molecule has 3 rings (SSSR count). The highest BCUT2D eigenvalue weighted by Crippen LogP contribution is 2.23. The number of rotatable bonds is 5. The summed E-state index contributed by atoms with van der Waals surface area (Å²) < 4.78 is 7.66. The minimum atomic E-state index is 0.279. The highest BCUT2D eigenvalue weighted by atomic mass is 32.2. The molecule has 0 bridgehead atoms. The maximum Gasteiger partial charge on any atom is 0.247 e. The number of aromatic nitrogens is 3. The van der Waals surface area contributed by atoms with Crippen LogP contribution in [0.5, 0.6) is 5.88 Å². The van der Waals surface area contributed by atoms with Gasteiger partial charge in [-0.15, -0.1) is 10.2 Å². The molecule has 3 heterocycles. The van der Waals surface area contributed by atoms with Crippen LogP contribution in [0, 0.1) is 11.3 Å². The zero-order valence-corrected chi connectivity index (χ0v) is 15.7. The van der Waals surface area contributed by atoms with Gasteiger partial charge >= 0.3 is 0 Å². The predicted octanol–water partition coefficient (Wildman–Crippen LogP) is 4.98. The summed E-state index contributed by atoms with van der Waals surface area (Å²) in [5.41, 5.74) is 3.97. The van der Waals surface area contributed by atoms with Crippen LogP contribution in [0.2, 0.25) is 0 Å². The molecular formula is C19H22N4OS. The van der Waals surface area contributed by atoms with Crippen molar-refractivity contribution >= 4 is 17.6 Å². The van der Waals surface area contributed by atoms with Crippen molar-refractivity contribution in [1.29, 1.82) is 5.26 Å². The Morgan fingerprint density at radius 1 is 1.16 bits per heavy atom. The van der Waals surface area contributed by atoms with E-state index in [0.29, 0.717) is 17.6 Å². The van der Waals surface area contributed by atoms with Crippen molar-refractivity contribution in [2.45, 2.75) is 39.4 Å². The standard InChI is InChI=1S/C17H16N4OS.C2H6/c1-12(2)13-3-5-16-14(7-8-21(16)10-13)11-23-22-17-6-4-15(9-18)19-20-17;1-2/h3-8,10,12H,11H2,1-2H3;1-2H3. The molecule has 0 aliphatic carbocycles. The number of hydrogen-bond donors (Lipinski definition) is 0. The molecule has 0 N–H and O–H groups in total. The molecule has 6 heteroatoms. The second kappa shape index (κ2) is 9.09. The average Bonchev–Trinajstić information content (AvgIpc) is 3.06. The molecule has 3 aromatic heterocycles. The Kier molecular flexibility index (Phi) is 6.84. The van der Waals surface area contributed by atoms with Gasteiger partial charge < -0.3 is 8.58 Å². The summed E-state index contributed by atoms with van der Waals surface area (Å²) in [4.78, 5) is 0. The van der Waals surface area contributed by atoms with Crippen LogP contribution in [0.25, 0.3) is 5.52 Å². The van der Waals surface area contributed by atoms with E-state index in [2.05, 4.69) is 59.0 Å². The van der Waals surface area contributed by atoms with E-state index in [9.17, 15) is 0 Å². The quantitative estimate of drug-likeness (QED) is 0.605. The van der Waals surface area contributed by atoms with E-state index in [1.54, 1.807) is 12.1 Å². The number of pyridine rings is 1. The second-order valence-corrected chi connectivity index (χ2v) is 6.16. The molecule has 25 heavy (non-hydrogen) atoms. The van der Waals surface area contributed by atoms with E-state index < -0.39 is 0 Å². The van der Waals surface area contributed by atoms with Gasteiger partial charge in [-0.3, -0.25) is 0 Å². The fourth-order valence-electron chi connectivity index (χ4n) is 2.23. The van der Waals surface area contributed by atoms with Crippen molar-refractivity contribution in [1.82, 2.24) is 14.6 Å². The lowest BCUT2D eigenvalue weighted by Crippen LogP contribution is -1.93. The smallest absolute Gasteiger partial charge is 0.247 e. The summed E-state index contributed by atoms with van der Waals surface area (Å²) >= 11 is 1.30. The Hall–Kier alpha value is -2.52. The zero-order valence-electron chi connectivity index (χ0n) is 14.9. The lowest BCUT2D eigenvalue weighted by atomic mass is 10.1. The number of nitriles is 1. The van der Waals surface area contributed by atoms with E-state index in [1.165, 1.54) is 28.7 Å². The van der Waals surface area contributed by atoms with Gasteiger partial charge in [0.25, 0.3) is 0 Å². The topological polar surface area (TPSA) is 63.2 Å². The molecule has 0 aliphatic heterocycles. The summed E-state index contributed by atoms with van der Waals surface area (Å²) in [5.74, 6) is 1.62. The average molecular weight is 354 g/mol. The lowest BCUT2D eigenvalue weighted by molar-refractivity contribution is 0.599. The van der Waals surface area contributed by atoms with Gasteiger partial charge in [0.2, 0.25) is 5.88 Å². The highest BCUT2D eigenvalue weighted by Gasteiger charge is 2.07. The molecule has 0 radical (unpaired) electrons. The zero-order chi connectivity index (χ0) is 18.2. The molecule has 0 aromatic carbocycles. The summed E-state index contributed by atoms with van der Waals surface area (Å²) in [5, 5.41) is 16.3. The van der Waals surface area contributed by atoms with Crippen molar-refractivity contribution in [3.63, 3.8) is 0 Å². The fraction of sp³-hybridized carbons (Fsp3) is 0.316. The molecule has 0 saturated carbocycles. The van der Waals surface area contributed by atoms with Crippen molar-refractivity contribution in [2.24, 2.45) is 0 Å². The normalized spacial score (nSPS) is 10.2. The number of fused-ring (bicyclic) bond motifs is 1. The van der Waals surface area contributed by atoms with Crippen LogP contribution in [-0.4, -0.2) is 14.6 Å². The van der Waals surface area contributed by atoms with Gasteiger partial charge in [0.15, 0.2) is 5.69 Å². The third-order valence-corrected chi connectivity index (χ3v) is 4.26. The molecule has 3 aromatic rings. The van der Waals surface area contributed by atoms with Crippen molar-refractivity contribution < 1.29 is 4.18 Å². The molecule has 0 amide bonds. The lowest BCUT2D eigenvalue weighted by Gasteiger charge is -2.07. The van der Waals surface area contributed by atoms with Crippen LogP contribution in [0.4, 0.5) is 0 Å². The summed E-state index contributed by atoms with van der Waals surface area (Å²) in [7, 11) is 0. The molecule has 0 spiro atoms. The Labute approximate surface area is 152 Å². The molecule has 0 aliphatic rings. The third kappa shape index (κ3) is 4.74. The Morgan fingerprint density at radius 2 is 1.96 bits per heavy atom. The van der Waals surface area contributed by atoms with Crippen LogP contribution in [0.1, 0.15) is 50.4 Å². The SMILES string of the molecule is CC.CC(C)c1ccc2c(CSOc3ccc(C#N)nn3)ccn2c1. The summed E-state index contributed by atoms with van der Waals surface area (Å²) in [6.07, 6.45) is 4.24. The van der Waals surface area contributed by atoms with E-state index in [-0.39, 0.29) is 5.69 Å². The first-order valence-electron chi connectivity index (χ1n) is 8.30. The number of hydrogen-bond acceptors (Lipinski definition) is 5. The molecule has 0 fully saturated rings. The van der Waals surface area contributed by atoms with Gasteiger partial charge in [0, 0.05) is 24.0 Å². The first kappa shape index (κ1) is 18.8. The van der Waals surface area contributed by atoms with Gasteiger partial charge in [-0.2, -0.15) is 5.26 Å². The maximum atomic E-state index is 8.68. The second-order valence-electron chi connectivity index (χ2n) is 5.46. The van der Waals surface area contributed by atoms with Crippen molar-refractivity contribution in [2.75, 3.05) is 0 Å². The van der Waals surface area contributed by atoms with Crippen LogP contribution in [-0.2, 0) is 5.75 Å². The molecule has 5 nitrogen and oxygen atoms in total. The minimum Gasteiger partial charge on any atom is -0.404 e. The van der Waals surface area contributed by atoms with Crippen molar-refractivity contribution in [3.8, 4) is 11.9 Å². The summed E-state index contributed by atoms with van der Waals surface area (Å²) in [6.45, 7) is 8.38. The third-order valence-electron chi connectivity index (χ3n) is 3.55. The maximum absolute atomic E-state index is 8.68. The van der Waals surface area contributed by atoms with E-state index in [4.69, 9.17) is 9.44 Å². The molecule has 0 saturated heterocycles. The molecule has 130 valence electrons. The molecule has 0 atom stereocenters. The predicted molar refractivity (Wildman–Crippen MR) is 102 cm³/mol. The van der Waals surface area contributed by atoms with E-state index >= 15 is 0 Å².